The van der Waals surface area contributed by atoms with Crippen molar-refractivity contribution in [3.8, 4) is 5.75 Å². The number of nitrogens with zero attached hydrogens (tertiary/aromatic N) is 1. The quantitative estimate of drug-likeness (QED) is 0.551. The summed E-state index contributed by atoms with van der Waals surface area (Å²) in [6.07, 6.45) is 2.65. The molecule has 0 bridgehead atoms. The van der Waals surface area contributed by atoms with Crippen molar-refractivity contribution >= 4 is 21.6 Å². The molecule has 1 N–H and O–H groups in total. The highest BCUT2D eigenvalue weighted by atomic mass is 32.2. The molecule has 2 aromatic rings. The fraction of sp³-hybridized carbons (Fsp3) is 0.458. The first-order chi connectivity index (χ1) is 14.7. The molecule has 0 spiro atoms. The van der Waals surface area contributed by atoms with Gasteiger partial charge in [0.1, 0.15) is 5.75 Å². The van der Waals surface area contributed by atoms with E-state index in [1.807, 2.05) is 20.8 Å². The third kappa shape index (κ3) is 7.28. The number of sulfonamides is 1. The maximum Gasteiger partial charge on any atom is 0.232 e. The van der Waals surface area contributed by atoms with Crippen molar-refractivity contribution in [3.63, 3.8) is 0 Å². The van der Waals surface area contributed by atoms with E-state index < -0.39 is 10.0 Å². The number of rotatable bonds is 11. The van der Waals surface area contributed by atoms with Crippen molar-refractivity contribution in [1.29, 1.82) is 0 Å². The van der Waals surface area contributed by atoms with Crippen LogP contribution < -0.4 is 14.4 Å². The smallest absolute Gasteiger partial charge is 0.232 e. The lowest BCUT2D eigenvalue weighted by molar-refractivity contribution is -0.121. The molecule has 0 heterocycles. The van der Waals surface area contributed by atoms with E-state index in [9.17, 15) is 13.2 Å². The normalized spacial score (nSPS) is 12.3. The van der Waals surface area contributed by atoms with Gasteiger partial charge in [0, 0.05) is 13.0 Å². The van der Waals surface area contributed by atoms with E-state index in [4.69, 9.17) is 4.74 Å². The van der Waals surface area contributed by atoms with Crippen LogP contribution in [0.4, 0.5) is 5.69 Å². The predicted molar refractivity (Wildman–Crippen MR) is 126 cm³/mol. The Kier molecular flexibility index (Phi) is 8.92. The molecule has 31 heavy (non-hydrogen) atoms. The molecule has 0 radical (unpaired) electrons. The van der Waals surface area contributed by atoms with Crippen molar-refractivity contribution in [2.45, 2.75) is 53.0 Å². The number of ether oxygens (including phenoxy) is 1. The SMILES string of the molecule is CCOc1ccc(N(CCCC(=O)N[C@@H](CC)c2ccc(C)cc2C)S(C)(=O)=O)cc1. The van der Waals surface area contributed by atoms with Crippen LogP contribution in [-0.2, 0) is 14.8 Å². The van der Waals surface area contributed by atoms with E-state index in [0.29, 0.717) is 24.5 Å². The lowest BCUT2D eigenvalue weighted by Gasteiger charge is -2.23. The number of benzene rings is 2. The van der Waals surface area contributed by atoms with Crippen LogP contribution in [0.25, 0.3) is 0 Å². The Morgan fingerprint density at radius 3 is 2.32 bits per heavy atom. The minimum Gasteiger partial charge on any atom is -0.494 e. The number of aryl methyl sites for hydroxylation is 2. The largest absolute Gasteiger partial charge is 0.494 e. The van der Waals surface area contributed by atoms with Crippen LogP contribution in [-0.4, -0.2) is 33.7 Å². The van der Waals surface area contributed by atoms with Crippen LogP contribution in [0.15, 0.2) is 42.5 Å². The maximum absolute atomic E-state index is 12.6. The van der Waals surface area contributed by atoms with E-state index in [1.165, 1.54) is 16.1 Å². The Morgan fingerprint density at radius 1 is 1.10 bits per heavy atom. The van der Waals surface area contributed by atoms with Gasteiger partial charge in [-0.2, -0.15) is 0 Å². The topological polar surface area (TPSA) is 75.7 Å². The van der Waals surface area contributed by atoms with Crippen LogP contribution in [0.5, 0.6) is 5.75 Å². The second kappa shape index (κ2) is 11.2. The van der Waals surface area contributed by atoms with E-state index in [0.717, 1.165) is 17.5 Å². The van der Waals surface area contributed by atoms with Crippen molar-refractivity contribution < 1.29 is 17.9 Å². The van der Waals surface area contributed by atoms with Gasteiger partial charge in [-0.3, -0.25) is 9.10 Å². The third-order valence-corrected chi connectivity index (χ3v) is 6.34. The standard InChI is InChI=1S/C24H34N2O4S/c1-6-23(22-15-10-18(3)17-19(22)4)25-24(27)9-8-16-26(31(5,28)29)20-11-13-21(14-12-20)30-7-2/h10-15,17,23H,6-9,16H2,1-5H3,(H,25,27)/t23-/m0/s1. The first-order valence-electron chi connectivity index (χ1n) is 10.7. The lowest BCUT2D eigenvalue weighted by atomic mass is 9.97. The monoisotopic (exact) mass is 446 g/mol. The zero-order valence-electron chi connectivity index (χ0n) is 19.1. The minimum atomic E-state index is -3.46. The number of carbonyl (C=O) groups is 1. The van der Waals surface area contributed by atoms with Crippen LogP contribution >= 0.6 is 0 Å². The molecule has 0 fully saturated rings. The van der Waals surface area contributed by atoms with Gasteiger partial charge < -0.3 is 10.1 Å². The van der Waals surface area contributed by atoms with Gasteiger partial charge >= 0.3 is 0 Å². The van der Waals surface area contributed by atoms with Crippen molar-refractivity contribution in [3.05, 3.63) is 59.2 Å². The van der Waals surface area contributed by atoms with E-state index in [-0.39, 0.29) is 24.9 Å². The summed E-state index contributed by atoms with van der Waals surface area (Å²) in [7, 11) is -3.46. The molecule has 0 unspecified atom stereocenters. The zero-order valence-corrected chi connectivity index (χ0v) is 20.0. The van der Waals surface area contributed by atoms with Gasteiger partial charge in [0.15, 0.2) is 0 Å². The van der Waals surface area contributed by atoms with Gasteiger partial charge in [-0.25, -0.2) is 8.42 Å². The predicted octanol–water partition coefficient (Wildman–Crippen LogP) is 4.52. The molecule has 2 aromatic carbocycles. The van der Waals surface area contributed by atoms with Gasteiger partial charge in [0.25, 0.3) is 0 Å². The summed E-state index contributed by atoms with van der Waals surface area (Å²) in [6.45, 7) is 8.82. The second-order valence-electron chi connectivity index (χ2n) is 7.75. The number of hydrogen-bond acceptors (Lipinski definition) is 4. The fourth-order valence-electron chi connectivity index (χ4n) is 3.63. The Bertz CT molecular complexity index is 972. The molecule has 2 rings (SSSR count). The number of hydrogen-bond donors (Lipinski definition) is 1. The average Bonchev–Trinajstić information content (AvgIpc) is 2.70. The van der Waals surface area contributed by atoms with Gasteiger partial charge in [0.2, 0.25) is 15.9 Å². The van der Waals surface area contributed by atoms with E-state index in [2.05, 4.69) is 30.4 Å². The van der Waals surface area contributed by atoms with Gasteiger partial charge in [-0.15, -0.1) is 0 Å². The summed E-state index contributed by atoms with van der Waals surface area (Å²) in [6, 6.07) is 13.1. The molecule has 170 valence electrons. The number of nitrogens with one attached hydrogen (secondary N) is 1. The highest BCUT2D eigenvalue weighted by Crippen LogP contribution is 2.23. The zero-order chi connectivity index (χ0) is 23.0. The molecule has 0 aromatic heterocycles. The lowest BCUT2D eigenvalue weighted by Crippen LogP contribution is -2.33. The molecule has 0 saturated carbocycles. The Morgan fingerprint density at radius 2 is 1.77 bits per heavy atom. The van der Waals surface area contributed by atoms with Gasteiger partial charge in [-0.1, -0.05) is 30.7 Å². The molecule has 1 amide bonds. The number of amides is 1. The van der Waals surface area contributed by atoms with Crippen molar-refractivity contribution in [2.24, 2.45) is 0 Å². The average molecular weight is 447 g/mol. The molecular weight excluding hydrogens is 412 g/mol. The highest BCUT2D eigenvalue weighted by molar-refractivity contribution is 7.92. The fourth-order valence-corrected chi connectivity index (χ4v) is 4.59. The summed E-state index contributed by atoms with van der Waals surface area (Å²) >= 11 is 0. The Hall–Kier alpha value is -2.54. The molecular formula is C24H34N2O4S. The Labute approximate surface area is 186 Å². The summed E-state index contributed by atoms with van der Waals surface area (Å²) < 4.78 is 31.3. The van der Waals surface area contributed by atoms with Crippen LogP contribution in [0, 0.1) is 13.8 Å². The second-order valence-corrected chi connectivity index (χ2v) is 9.66. The third-order valence-electron chi connectivity index (χ3n) is 5.15. The molecule has 0 saturated heterocycles. The van der Waals surface area contributed by atoms with Gasteiger partial charge in [-0.05, 0) is 69.0 Å². The summed E-state index contributed by atoms with van der Waals surface area (Å²) in [5, 5.41) is 3.09. The van der Waals surface area contributed by atoms with Crippen LogP contribution in [0.2, 0.25) is 0 Å². The van der Waals surface area contributed by atoms with Crippen molar-refractivity contribution in [2.75, 3.05) is 23.7 Å². The highest BCUT2D eigenvalue weighted by Gasteiger charge is 2.19. The first kappa shape index (κ1) is 24.7. The van der Waals surface area contributed by atoms with E-state index in [1.54, 1.807) is 24.3 Å². The van der Waals surface area contributed by atoms with Gasteiger partial charge in [0.05, 0.1) is 24.6 Å². The molecule has 0 aliphatic heterocycles. The van der Waals surface area contributed by atoms with Crippen LogP contribution in [0.3, 0.4) is 0 Å². The van der Waals surface area contributed by atoms with E-state index >= 15 is 0 Å². The molecule has 7 heteroatoms. The molecule has 0 aliphatic rings. The molecule has 6 nitrogen and oxygen atoms in total. The maximum atomic E-state index is 12.6. The summed E-state index contributed by atoms with van der Waals surface area (Å²) in [5.74, 6) is 0.614. The van der Waals surface area contributed by atoms with Crippen LogP contribution in [0.1, 0.15) is 55.8 Å². The first-order valence-corrected chi connectivity index (χ1v) is 12.6. The Balaban J connectivity index is 1.98. The number of carbonyl (C=O) groups excluding carboxylic acids is 1. The number of anilines is 1. The molecule has 0 aliphatic carbocycles. The van der Waals surface area contributed by atoms with Crippen molar-refractivity contribution in [1.82, 2.24) is 5.32 Å². The molecule has 1 atom stereocenters. The summed E-state index contributed by atoms with van der Waals surface area (Å²) in [5.41, 5.74) is 4.03. The minimum absolute atomic E-state index is 0.0507. The summed E-state index contributed by atoms with van der Waals surface area (Å²) in [4.78, 5) is 12.6.